The Morgan fingerprint density at radius 2 is 2.31 bits per heavy atom. The van der Waals surface area contributed by atoms with Crippen molar-refractivity contribution in [2.75, 3.05) is 6.61 Å². The number of benzene rings is 1. The van der Waals surface area contributed by atoms with Gasteiger partial charge in [-0.3, -0.25) is 0 Å². The fourth-order valence-corrected chi connectivity index (χ4v) is 1.85. The smallest absolute Gasteiger partial charge is 0.142 e. The Balaban J connectivity index is 2.58. The van der Waals surface area contributed by atoms with Crippen molar-refractivity contribution in [3.8, 4) is 5.75 Å². The molecule has 4 heteroatoms. The summed E-state index contributed by atoms with van der Waals surface area (Å²) in [5.41, 5.74) is 1.55. The van der Waals surface area contributed by atoms with Gasteiger partial charge in [0.2, 0.25) is 0 Å². The number of para-hydroxylation sites is 1. The van der Waals surface area contributed by atoms with Gasteiger partial charge in [-0.2, -0.15) is 0 Å². The Labute approximate surface area is 84.1 Å². The van der Waals surface area contributed by atoms with Crippen LogP contribution in [0.2, 0.25) is 0 Å². The van der Waals surface area contributed by atoms with Crippen LogP contribution in [0.4, 0.5) is 0 Å². The molecule has 68 valence electrons. The summed E-state index contributed by atoms with van der Waals surface area (Å²) < 4.78 is 6.34. The Bertz CT molecular complexity index is 363. The molecule has 0 aliphatic carbocycles. The molecule has 1 aliphatic heterocycles. The Kier molecular flexibility index (Phi) is 2.22. The minimum absolute atomic E-state index is 0.564. The first-order chi connectivity index (χ1) is 6.33. The molecule has 0 unspecified atom stereocenters. The third-order valence-electron chi connectivity index (χ3n) is 1.98. The normalized spacial score (nSPS) is 18.1. The molecule has 0 saturated carbocycles. The lowest BCUT2D eigenvalue weighted by Crippen LogP contribution is -2.16. The van der Waals surface area contributed by atoms with Crippen LogP contribution in [0.1, 0.15) is 12.0 Å². The fourth-order valence-electron chi connectivity index (χ4n) is 1.37. The van der Waals surface area contributed by atoms with Gasteiger partial charge < -0.3 is 9.94 Å². The zero-order valence-electron chi connectivity index (χ0n) is 6.83. The van der Waals surface area contributed by atoms with Crippen molar-refractivity contribution in [3.63, 3.8) is 0 Å². The van der Waals surface area contributed by atoms with Crippen molar-refractivity contribution in [1.82, 2.24) is 0 Å². The lowest BCUT2D eigenvalue weighted by atomic mass is 10.0. The van der Waals surface area contributed by atoms with E-state index in [2.05, 4.69) is 21.1 Å². The molecule has 0 aromatic heterocycles. The van der Waals surface area contributed by atoms with Gasteiger partial charge in [0.1, 0.15) is 5.75 Å². The first-order valence-electron chi connectivity index (χ1n) is 3.95. The minimum atomic E-state index is 0.564. The number of rotatable bonds is 0. The van der Waals surface area contributed by atoms with Crippen LogP contribution in [0.15, 0.2) is 27.8 Å². The van der Waals surface area contributed by atoms with Crippen LogP contribution in [0.25, 0.3) is 0 Å². The van der Waals surface area contributed by atoms with Crippen LogP contribution in [-0.4, -0.2) is 17.5 Å². The van der Waals surface area contributed by atoms with E-state index in [0.717, 1.165) is 15.8 Å². The Hall–Kier alpha value is -1.03. The summed E-state index contributed by atoms with van der Waals surface area (Å²) in [6.45, 7) is 0.564. The van der Waals surface area contributed by atoms with E-state index < -0.39 is 0 Å². The summed E-state index contributed by atoms with van der Waals surface area (Å²) in [7, 11) is 0. The van der Waals surface area contributed by atoms with Crippen molar-refractivity contribution in [1.29, 1.82) is 0 Å². The van der Waals surface area contributed by atoms with Crippen molar-refractivity contribution < 1.29 is 9.94 Å². The van der Waals surface area contributed by atoms with Gasteiger partial charge in [0, 0.05) is 12.0 Å². The van der Waals surface area contributed by atoms with E-state index in [4.69, 9.17) is 9.94 Å². The molecule has 1 N–H and O–H groups in total. The van der Waals surface area contributed by atoms with Gasteiger partial charge in [-0.25, -0.2) is 0 Å². The zero-order valence-corrected chi connectivity index (χ0v) is 8.41. The van der Waals surface area contributed by atoms with Crippen LogP contribution in [0, 0.1) is 0 Å². The minimum Gasteiger partial charge on any atom is -0.491 e. The highest BCUT2D eigenvalue weighted by Crippen LogP contribution is 2.32. The number of hydrogen-bond donors (Lipinski definition) is 1. The average molecular weight is 242 g/mol. The molecule has 2 rings (SSSR count). The number of halogens is 1. The van der Waals surface area contributed by atoms with E-state index >= 15 is 0 Å². The summed E-state index contributed by atoms with van der Waals surface area (Å²) >= 11 is 3.38. The first-order valence-corrected chi connectivity index (χ1v) is 4.75. The van der Waals surface area contributed by atoms with Crippen LogP contribution in [0.3, 0.4) is 0 Å². The van der Waals surface area contributed by atoms with Crippen LogP contribution in [-0.2, 0) is 0 Å². The quantitative estimate of drug-likeness (QED) is 0.560. The third kappa shape index (κ3) is 1.42. The molecule has 0 radical (unpaired) electrons. The molecule has 3 nitrogen and oxygen atoms in total. The van der Waals surface area contributed by atoms with Crippen LogP contribution >= 0.6 is 15.9 Å². The molecule has 1 aliphatic rings. The van der Waals surface area contributed by atoms with Gasteiger partial charge in [0.05, 0.1) is 16.8 Å². The van der Waals surface area contributed by atoms with Crippen LogP contribution < -0.4 is 4.74 Å². The summed E-state index contributed by atoms with van der Waals surface area (Å²) in [5, 5.41) is 12.0. The summed E-state index contributed by atoms with van der Waals surface area (Å²) in [5.74, 6) is 0.765. The molecule has 1 aromatic rings. The molecular formula is C9H8BrNO2. The van der Waals surface area contributed by atoms with E-state index in [1.165, 1.54) is 0 Å². The third-order valence-corrected chi connectivity index (χ3v) is 2.61. The van der Waals surface area contributed by atoms with Crippen molar-refractivity contribution >= 4 is 21.6 Å². The summed E-state index contributed by atoms with van der Waals surface area (Å²) in [6, 6.07) is 5.68. The second-order valence-corrected chi connectivity index (χ2v) is 3.62. The molecule has 1 heterocycles. The van der Waals surface area contributed by atoms with Gasteiger partial charge in [-0.05, 0) is 28.1 Å². The van der Waals surface area contributed by atoms with E-state index in [-0.39, 0.29) is 0 Å². The topological polar surface area (TPSA) is 41.8 Å². The molecule has 0 saturated heterocycles. The SMILES string of the molecule is O/N=C1/CCOc2c(Br)cccc21. The van der Waals surface area contributed by atoms with Gasteiger partial charge >= 0.3 is 0 Å². The van der Waals surface area contributed by atoms with Crippen molar-refractivity contribution in [2.45, 2.75) is 6.42 Å². The highest BCUT2D eigenvalue weighted by atomic mass is 79.9. The molecule has 1 aromatic carbocycles. The van der Waals surface area contributed by atoms with Crippen molar-refractivity contribution in [2.24, 2.45) is 5.16 Å². The van der Waals surface area contributed by atoms with E-state index in [1.54, 1.807) is 0 Å². The summed E-state index contributed by atoms with van der Waals surface area (Å²) in [4.78, 5) is 0. The molecule has 0 amide bonds. The maximum atomic E-state index is 8.75. The lowest BCUT2D eigenvalue weighted by molar-refractivity contribution is 0.297. The molecule has 0 atom stereocenters. The monoisotopic (exact) mass is 241 g/mol. The predicted octanol–water partition coefficient (Wildman–Crippen LogP) is 2.41. The largest absolute Gasteiger partial charge is 0.491 e. The molecular weight excluding hydrogens is 234 g/mol. The Morgan fingerprint density at radius 3 is 3.08 bits per heavy atom. The fraction of sp³-hybridized carbons (Fsp3) is 0.222. The van der Waals surface area contributed by atoms with Gasteiger partial charge in [0.15, 0.2) is 0 Å². The predicted molar refractivity (Wildman–Crippen MR) is 52.6 cm³/mol. The van der Waals surface area contributed by atoms with E-state index in [0.29, 0.717) is 18.7 Å². The highest BCUT2D eigenvalue weighted by Gasteiger charge is 2.18. The maximum absolute atomic E-state index is 8.75. The second-order valence-electron chi connectivity index (χ2n) is 2.76. The molecule has 0 spiro atoms. The number of fused-ring (bicyclic) bond motifs is 1. The first kappa shape index (κ1) is 8.56. The molecule has 0 bridgehead atoms. The van der Waals surface area contributed by atoms with Gasteiger partial charge in [-0.1, -0.05) is 11.2 Å². The lowest BCUT2D eigenvalue weighted by Gasteiger charge is -2.18. The van der Waals surface area contributed by atoms with Crippen molar-refractivity contribution in [3.05, 3.63) is 28.2 Å². The zero-order chi connectivity index (χ0) is 9.26. The maximum Gasteiger partial charge on any atom is 0.142 e. The number of oxime groups is 1. The standard InChI is InChI=1S/C9H8BrNO2/c10-7-3-1-2-6-8(11-12)4-5-13-9(6)7/h1-3,12H,4-5H2/b11-8-. The number of hydrogen-bond acceptors (Lipinski definition) is 3. The number of ether oxygens (including phenoxy) is 1. The van der Waals surface area contributed by atoms with Gasteiger partial charge in [0.25, 0.3) is 0 Å². The Morgan fingerprint density at radius 1 is 1.46 bits per heavy atom. The second kappa shape index (κ2) is 3.38. The average Bonchev–Trinajstić information content (AvgIpc) is 2.18. The molecule has 13 heavy (non-hydrogen) atoms. The molecule has 0 fully saturated rings. The highest BCUT2D eigenvalue weighted by molar-refractivity contribution is 9.10. The summed E-state index contributed by atoms with van der Waals surface area (Å²) in [6.07, 6.45) is 0.653. The van der Waals surface area contributed by atoms with E-state index in [1.807, 2.05) is 18.2 Å². The number of nitrogens with zero attached hydrogens (tertiary/aromatic N) is 1. The van der Waals surface area contributed by atoms with E-state index in [9.17, 15) is 0 Å². The van der Waals surface area contributed by atoms with Gasteiger partial charge in [-0.15, -0.1) is 0 Å². The van der Waals surface area contributed by atoms with Crippen LogP contribution in [0.5, 0.6) is 5.75 Å².